The first-order valence-corrected chi connectivity index (χ1v) is 7.19. The van der Waals surface area contributed by atoms with Gasteiger partial charge < -0.3 is 10.6 Å². The maximum Gasteiger partial charge on any atom is 0.253 e. The lowest BCUT2D eigenvalue weighted by Crippen LogP contribution is -2.35. The van der Waals surface area contributed by atoms with E-state index in [0.717, 1.165) is 29.5 Å². The summed E-state index contributed by atoms with van der Waals surface area (Å²) in [6.07, 6.45) is 4.69. The molecule has 0 aliphatic heterocycles. The number of hydrogen-bond acceptors (Lipinski definition) is 2. The Morgan fingerprint density at radius 2 is 2.05 bits per heavy atom. The molecule has 3 nitrogen and oxygen atoms in total. The number of carbonyl (C=O) groups excluding carboxylic acids is 1. The fourth-order valence-electron chi connectivity index (χ4n) is 2.79. The zero-order valence-corrected chi connectivity index (χ0v) is 12.3. The van der Waals surface area contributed by atoms with Gasteiger partial charge in [0, 0.05) is 24.2 Å². The fourth-order valence-corrected chi connectivity index (χ4v) is 2.79. The summed E-state index contributed by atoms with van der Waals surface area (Å²) in [5, 5.41) is 0. The second kappa shape index (κ2) is 6.58. The minimum Gasteiger partial charge on any atom is -0.339 e. The van der Waals surface area contributed by atoms with E-state index in [1.54, 1.807) is 0 Å². The molecule has 1 aliphatic rings. The van der Waals surface area contributed by atoms with Crippen molar-refractivity contribution in [2.75, 3.05) is 13.6 Å². The van der Waals surface area contributed by atoms with E-state index in [2.05, 4.69) is 11.8 Å². The van der Waals surface area contributed by atoms with Crippen LogP contribution < -0.4 is 5.73 Å². The van der Waals surface area contributed by atoms with Crippen molar-refractivity contribution in [1.29, 1.82) is 0 Å². The summed E-state index contributed by atoms with van der Waals surface area (Å²) >= 11 is 0. The second-order valence-corrected chi connectivity index (χ2v) is 5.45. The maximum absolute atomic E-state index is 12.6. The van der Waals surface area contributed by atoms with E-state index in [-0.39, 0.29) is 5.91 Å². The van der Waals surface area contributed by atoms with Crippen LogP contribution in [0.1, 0.15) is 47.2 Å². The minimum absolute atomic E-state index is 0.0939. The van der Waals surface area contributed by atoms with Gasteiger partial charge in [-0.05, 0) is 43.5 Å². The first kappa shape index (κ1) is 14.6. The Balaban J connectivity index is 2.22. The van der Waals surface area contributed by atoms with Gasteiger partial charge in [0.15, 0.2) is 0 Å². The van der Waals surface area contributed by atoms with Crippen molar-refractivity contribution in [3.05, 3.63) is 34.9 Å². The van der Waals surface area contributed by atoms with Crippen molar-refractivity contribution in [3.8, 4) is 11.8 Å². The molecular weight excluding hydrogens is 248 g/mol. The summed E-state index contributed by atoms with van der Waals surface area (Å²) in [6.45, 7) is 2.32. The maximum atomic E-state index is 12.6. The van der Waals surface area contributed by atoms with Crippen molar-refractivity contribution in [1.82, 2.24) is 4.90 Å². The molecule has 1 saturated carbocycles. The molecule has 3 heteroatoms. The van der Waals surface area contributed by atoms with Crippen LogP contribution in [-0.2, 0) is 0 Å². The summed E-state index contributed by atoms with van der Waals surface area (Å²) in [5.74, 6) is 5.93. The van der Waals surface area contributed by atoms with Gasteiger partial charge in [-0.1, -0.05) is 24.7 Å². The van der Waals surface area contributed by atoms with E-state index in [9.17, 15) is 4.79 Å². The SMILES string of the molecule is Cc1cc(C#CCN)cc(C(=O)N(C)C2CCCC2)c1. The van der Waals surface area contributed by atoms with Gasteiger partial charge in [0.05, 0.1) is 6.54 Å². The van der Waals surface area contributed by atoms with Crippen LogP contribution in [0.5, 0.6) is 0 Å². The number of aryl methyl sites for hydroxylation is 1. The summed E-state index contributed by atoms with van der Waals surface area (Å²) in [7, 11) is 1.91. The minimum atomic E-state index is 0.0939. The van der Waals surface area contributed by atoms with Crippen LogP contribution in [0.3, 0.4) is 0 Å². The Labute approximate surface area is 121 Å². The third-order valence-corrected chi connectivity index (χ3v) is 3.85. The molecule has 2 N–H and O–H groups in total. The van der Waals surface area contributed by atoms with Crippen LogP contribution in [0.25, 0.3) is 0 Å². The highest BCUT2D eigenvalue weighted by Gasteiger charge is 2.24. The van der Waals surface area contributed by atoms with E-state index in [1.807, 2.05) is 37.1 Å². The molecular formula is C17H22N2O. The first-order valence-electron chi connectivity index (χ1n) is 7.19. The van der Waals surface area contributed by atoms with E-state index in [4.69, 9.17) is 5.73 Å². The third kappa shape index (κ3) is 3.40. The summed E-state index contributed by atoms with van der Waals surface area (Å²) in [5.41, 5.74) is 8.03. The van der Waals surface area contributed by atoms with Crippen LogP contribution in [0.2, 0.25) is 0 Å². The van der Waals surface area contributed by atoms with Crippen molar-refractivity contribution in [2.24, 2.45) is 5.73 Å². The summed E-state index contributed by atoms with van der Waals surface area (Å²) < 4.78 is 0. The van der Waals surface area contributed by atoms with E-state index in [1.165, 1.54) is 12.8 Å². The zero-order chi connectivity index (χ0) is 14.5. The van der Waals surface area contributed by atoms with Crippen LogP contribution in [0.4, 0.5) is 0 Å². The predicted octanol–water partition coefficient (Wildman–Crippen LogP) is 2.32. The van der Waals surface area contributed by atoms with Gasteiger partial charge in [-0.3, -0.25) is 4.79 Å². The molecule has 0 spiro atoms. The van der Waals surface area contributed by atoms with Crippen LogP contribution >= 0.6 is 0 Å². The van der Waals surface area contributed by atoms with Crippen molar-refractivity contribution in [3.63, 3.8) is 0 Å². The Bertz CT molecular complexity index is 548. The molecule has 0 radical (unpaired) electrons. The van der Waals surface area contributed by atoms with Gasteiger partial charge in [0.25, 0.3) is 5.91 Å². The van der Waals surface area contributed by atoms with Gasteiger partial charge in [-0.2, -0.15) is 0 Å². The number of carbonyl (C=O) groups is 1. The third-order valence-electron chi connectivity index (χ3n) is 3.85. The van der Waals surface area contributed by atoms with Gasteiger partial charge >= 0.3 is 0 Å². The lowest BCUT2D eigenvalue weighted by atomic mass is 10.0. The average molecular weight is 270 g/mol. The van der Waals surface area contributed by atoms with Crippen molar-refractivity contribution >= 4 is 5.91 Å². The molecule has 0 saturated heterocycles. The smallest absolute Gasteiger partial charge is 0.253 e. The molecule has 0 heterocycles. The fraction of sp³-hybridized carbons (Fsp3) is 0.471. The van der Waals surface area contributed by atoms with Crippen molar-refractivity contribution in [2.45, 2.75) is 38.6 Å². The zero-order valence-electron chi connectivity index (χ0n) is 12.3. The molecule has 1 amide bonds. The predicted molar refractivity (Wildman–Crippen MR) is 81.5 cm³/mol. The number of benzene rings is 1. The highest BCUT2D eigenvalue weighted by Crippen LogP contribution is 2.24. The average Bonchev–Trinajstić information content (AvgIpc) is 2.97. The Hall–Kier alpha value is -1.79. The number of amides is 1. The number of nitrogens with two attached hydrogens (primary N) is 1. The summed E-state index contributed by atoms with van der Waals surface area (Å²) in [6, 6.07) is 6.17. The monoisotopic (exact) mass is 270 g/mol. The Morgan fingerprint density at radius 3 is 2.70 bits per heavy atom. The first-order chi connectivity index (χ1) is 9.61. The Kier molecular flexibility index (Phi) is 4.81. The lowest BCUT2D eigenvalue weighted by molar-refractivity contribution is 0.0735. The lowest BCUT2D eigenvalue weighted by Gasteiger charge is -2.24. The summed E-state index contributed by atoms with van der Waals surface area (Å²) in [4.78, 5) is 14.5. The van der Waals surface area contributed by atoms with Crippen molar-refractivity contribution < 1.29 is 4.79 Å². The van der Waals surface area contributed by atoms with Crippen LogP contribution in [0.15, 0.2) is 18.2 Å². The molecule has 20 heavy (non-hydrogen) atoms. The Morgan fingerprint density at radius 1 is 1.35 bits per heavy atom. The molecule has 0 unspecified atom stereocenters. The molecule has 0 aromatic heterocycles. The molecule has 2 rings (SSSR count). The highest BCUT2D eigenvalue weighted by molar-refractivity contribution is 5.94. The highest BCUT2D eigenvalue weighted by atomic mass is 16.2. The molecule has 1 aromatic carbocycles. The number of rotatable bonds is 2. The van der Waals surface area contributed by atoms with Crippen LogP contribution in [-0.4, -0.2) is 30.4 Å². The van der Waals surface area contributed by atoms with E-state index in [0.29, 0.717) is 12.6 Å². The molecule has 1 aliphatic carbocycles. The molecule has 0 atom stereocenters. The number of hydrogen-bond donors (Lipinski definition) is 1. The topological polar surface area (TPSA) is 46.3 Å². The second-order valence-electron chi connectivity index (χ2n) is 5.45. The molecule has 1 aromatic rings. The van der Waals surface area contributed by atoms with Gasteiger partial charge in [0.1, 0.15) is 0 Å². The number of nitrogens with zero attached hydrogens (tertiary/aromatic N) is 1. The standard InChI is InChI=1S/C17H22N2O/c1-13-10-14(6-5-9-18)12-15(11-13)17(20)19(2)16-7-3-4-8-16/h10-12,16H,3-4,7-9,18H2,1-2H3. The molecule has 106 valence electrons. The largest absolute Gasteiger partial charge is 0.339 e. The van der Waals surface area contributed by atoms with Crippen LogP contribution in [0, 0.1) is 18.8 Å². The molecule has 0 bridgehead atoms. The molecule has 1 fully saturated rings. The van der Waals surface area contributed by atoms with E-state index >= 15 is 0 Å². The van der Waals surface area contributed by atoms with Gasteiger partial charge in [-0.15, -0.1) is 0 Å². The van der Waals surface area contributed by atoms with Gasteiger partial charge in [0.2, 0.25) is 0 Å². The quantitative estimate of drug-likeness (QED) is 0.838. The van der Waals surface area contributed by atoms with E-state index < -0.39 is 0 Å². The van der Waals surface area contributed by atoms with Gasteiger partial charge in [-0.25, -0.2) is 0 Å². The normalized spacial score (nSPS) is 14.8.